The number of carbonyl (C=O) groups is 2. The summed E-state index contributed by atoms with van der Waals surface area (Å²) < 4.78 is 20.2. The number of aryl methyl sites for hydroxylation is 2. The average molecular weight is 1060 g/mol. The average Bonchev–Trinajstić information content (AvgIpc) is 3.84. The Balaban J connectivity index is 0.000000217. The van der Waals surface area contributed by atoms with Gasteiger partial charge in [-0.05, 0) is 105 Å². The van der Waals surface area contributed by atoms with Gasteiger partial charge in [-0.2, -0.15) is 0 Å². The van der Waals surface area contributed by atoms with E-state index >= 15 is 0 Å². The Kier molecular flexibility index (Phi) is 16.6. The van der Waals surface area contributed by atoms with E-state index in [1.807, 2.05) is 124 Å². The fraction of sp³-hybridized carbons (Fsp3) is 0.509. The van der Waals surface area contributed by atoms with Gasteiger partial charge in [0.25, 0.3) is 11.1 Å². The largest absolute Gasteiger partial charge is 0.444 e. The highest BCUT2D eigenvalue weighted by Gasteiger charge is 2.33. The molecule has 2 aliphatic heterocycles. The normalized spacial score (nSPS) is 16.4. The number of fused-ring (bicyclic) bond motifs is 2. The van der Waals surface area contributed by atoms with Gasteiger partial charge in [0, 0.05) is 94.7 Å². The van der Waals surface area contributed by atoms with Crippen LogP contribution < -0.4 is 42.9 Å². The van der Waals surface area contributed by atoms with Gasteiger partial charge >= 0.3 is 23.6 Å². The summed E-state index contributed by atoms with van der Waals surface area (Å²) in [5.41, 5.74) is 2.03. The highest BCUT2D eigenvalue weighted by Crippen LogP contribution is 2.35. The van der Waals surface area contributed by atoms with Crippen LogP contribution in [0.1, 0.15) is 83.9 Å². The van der Waals surface area contributed by atoms with Crippen LogP contribution >= 0.6 is 23.2 Å². The molecule has 74 heavy (non-hydrogen) atoms. The van der Waals surface area contributed by atoms with Crippen molar-refractivity contribution in [1.82, 2.24) is 42.9 Å². The van der Waals surface area contributed by atoms with Crippen LogP contribution in [0.2, 0.25) is 10.0 Å². The number of ether oxygens (including phenoxy) is 2. The van der Waals surface area contributed by atoms with Crippen molar-refractivity contribution in [3.8, 4) is 0 Å². The molecule has 400 valence electrons. The molecule has 2 aliphatic rings. The summed E-state index contributed by atoms with van der Waals surface area (Å²) in [7, 11) is 10.3. The molecule has 4 aromatic heterocycles. The third-order valence-electron chi connectivity index (χ3n) is 13.2. The number of alkyl carbamates (subject to hydrolysis) is 2. The molecule has 21 heteroatoms. The minimum Gasteiger partial charge on any atom is -0.444 e. The smallest absolute Gasteiger partial charge is 0.407 e. The Bertz CT molecular complexity index is 3320. The lowest BCUT2D eigenvalue weighted by molar-refractivity contribution is 0.0488. The monoisotopic (exact) mass is 1060 g/mol. The molecule has 0 aliphatic carbocycles. The van der Waals surface area contributed by atoms with Gasteiger partial charge in [0.2, 0.25) is 0 Å². The molecule has 6 aromatic rings. The van der Waals surface area contributed by atoms with Crippen molar-refractivity contribution in [3.05, 3.63) is 123 Å². The number of carbonyl (C=O) groups excluding carboxylic acids is 2. The Morgan fingerprint density at radius 1 is 0.635 bits per heavy atom. The van der Waals surface area contributed by atoms with Crippen molar-refractivity contribution in [2.24, 2.45) is 28.2 Å². The number of anilines is 2. The van der Waals surface area contributed by atoms with E-state index in [4.69, 9.17) is 32.7 Å². The molecule has 6 heterocycles. The first-order valence-corrected chi connectivity index (χ1v) is 25.7. The number of nitrogens with zero attached hydrogens (tertiary/aromatic N) is 9. The van der Waals surface area contributed by atoms with Gasteiger partial charge < -0.3 is 43.9 Å². The maximum absolute atomic E-state index is 13.7. The van der Waals surface area contributed by atoms with E-state index in [2.05, 4.69) is 20.4 Å². The molecule has 0 unspecified atom stereocenters. The zero-order chi connectivity index (χ0) is 54.1. The van der Waals surface area contributed by atoms with E-state index < -0.39 is 23.4 Å². The van der Waals surface area contributed by atoms with Crippen molar-refractivity contribution in [2.75, 3.05) is 50.1 Å². The van der Waals surface area contributed by atoms with E-state index in [0.717, 1.165) is 76.2 Å². The first-order valence-electron chi connectivity index (χ1n) is 24.9. The summed E-state index contributed by atoms with van der Waals surface area (Å²) in [5.74, 6) is 1.65. The number of aromatic nitrogens is 6. The van der Waals surface area contributed by atoms with E-state index in [9.17, 15) is 28.8 Å². The molecule has 0 saturated carbocycles. The van der Waals surface area contributed by atoms with Gasteiger partial charge in [-0.15, -0.1) is 0 Å². The summed E-state index contributed by atoms with van der Waals surface area (Å²) in [6.07, 6.45) is 2.43. The fourth-order valence-corrected chi connectivity index (χ4v) is 10.3. The minimum absolute atomic E-state index is 0.114. The molecule has 2 N–H and O–H groups in total. The Morgan fingerprint density at radius 3 is 1.59 bits per heavy atom. The number of hydrogen-bond acceptors (Lipinski definition) is 11. The van der Waals surface area contributed by atoms with Crippen molar-refractivity contribution in [3.63, 3.8) is 0 Å². The molecular formula is C53H71Cl2N11O8. The molecule has 2 amide bonds. The SMILES string of the molecule is CN(C)Cc1c(N2CCC[C@@H](NC(=O)OC(C)(C)C)C2)n(Cc2ccccc2Cl)c2c(=O)n(C)c(=O)n(C)c12.Cn1c(=O)c2c(cc(N3CCC[C@@H](NC(=O)OC(C)(C)C)C3)n2Cc2ccccc2Cl)n(C)c1=O. The third-order valence-corrected chi connectivity index (χ3v) is 13.9. The maximum atomic E-state index is 13.7. The highest BCUT2D eigenvalue weighted by atomic mass is 35.5. The van der Waals surface area contributed by atoms with Crippen LogP contribution in [0.15, 0.2) is 73.8 Å². The van der Waals surface area contributed by atoms with Crippen LogP contribution in [0.5, 0.6) is 0 Å². The lowest BCUT2D eigenvalue weighted by Gasteiger charge is -2.36. The Hall–Kier alpha value is -6.44. The molecule has 2 saturated heterocycles. The summed E-state index contributed by atoms with van der Waals surface area (Å²) in [4.78, 5) is 83.9. The predicted octanol–water partition coefficient (Wildman–Crippen LogP) is 6.53. The standard InChI is InChI=1S/C28H39ClN6O4.C25H32ClN5O4/c1-28(2,3)39-26(37)30-19-12-10-14-34(16-19)24-20(17-31(4)5)22-23(25(36)33(7)27(38)32(22)6)35(24)15-18-11-8-9-13-21(18)29;1-25(2,3)35-23(33)27-17-10-8-12-30(15-17)20-13-19-21(22(32)29(5)24(34)28(19)4)31(20)14-16-9-6-7-11-18(16)26/h8-9,11,13,19H,10,12,14-17H2,1-7H3,(H,30,37);6-7,9,11,13,17H,8,10,12,14-15H2,1-5H3,(H,27,33)/t19-;17-/m11/s1. The zero-order valence-electron chi connectivity index (χ0n) is 44.7. The lowest BCUT2D eigenvalue weighted by atomic mass is 10.1. The number of benzene rings is 2. The summed E-state index contributed by atoms with van der Waals surface area (Å²) >= 11 is 13.0. The number of halogens is 2. The van der Waals surface area contributed by atoms with Gasteiger partial charge in [-0.25, -0.2) is 19.2 Å². The van der Waals surface area contributed by atoms with Gasteiger partial charge in [-0.3, -0.25) is 27.9 Å². The number of rotatable bonds is 10. The lowest BCUT2D eigenvalue weighted by Crippen LogP contribution is -2.49. The van der Waals surface area contributed by atoms with E-state index in [1.54, 1.807) is 18.7 Å². The number of amides is 2. The molecule has 8 rings (SSSR count). The fourth-order valence-electron chi connectivity index (χ4n) is 9.90. The Morgan fingerprint density at radius 2 is 1.09 bits per heavy atom. The quantitative estimate of drug-likeness (QED) is 0.152. The van der Waals surface area contributed by atoms with Gasteiger partial charge in [-0.1, -0.05) is 59.6 Å². The first-order chi connectivity index (χ1) is 34.7. The molecule has 2 fully saturated rings. The summed E-state index contributed by atoms with van der Waals surface area (Å²) in [6.45, 7) is 14.8. The number of piperidine rings is 2. The molecular weight excluding hydrogens is 990 g/mol. The van der Waals surface area contributed by atoms with Crippen molar-refractivity contribution in [1.29, 1.82) is 0 Å². The maximum Gasteiger partial charge on any atom is 0.407 e. The summed E-state index contributed by atoms with van der Waals surface area (Å²) in [5, 5.41) is 7.20. The van der Waals surface area contributed by atoms with Crippen molar-refractivity contribution >= 4 is 69.1 Å². The van der Waals surface area contributed by atoms with E-state index in [-0.39, 0.29) is 34.6 Å². The zero-order valence-corrected chi connectivity index (χ0v) is 46.2. The molecule has 0 bridgehead atoms. The molecule has 2 atom stereocenters. The van der Waals surface area contributed by atoms with E-state index in [0.29, 0.717) is 64.8 Å². The van der Waals surface area contributed by atoms with Gasteiger partial charge in [0.1, 0.15) is 33.9 Å². The van der Waals surface area contributed by atoms with Crippen LogP contribution in [-0.2, 0) is 57.3 Å². The highest BCUT2D eigenvalue weighted by molar-refractivity contribution is 6.31. The molecule has 0 spiro atoms. The van der Waals surface area contributed by atoms with Crippen LogP contribution in [0.3, 0.4) is 0 Å². The molecule has 0 radical (unpaired) electrons. The minimum atomic E-state index is -0.594. The second-order valence-electron chi connectivity index (χ2n) is 21.6. The predicted molar refractivity (Wildman–Crippen MR) is 293 cm³/mol. The summed E-state index contributed by atoms with van der Waals surface area (Å²) in [6, 6.07) is 16.7. The first kappa shape index (κ1) is 55.3. The second-order valence-corrected chi connectivity index (χ2v) is 22.4. The van der Waals surface area contributed by atoms with Gasteiger partial charge in [0.15, 0.2) is 0 Å². The number of nitrogens with one attached hydrogen (secondary N) is 2. The van der Waals surface area contributed by atoms with Crippen LogP contribution in [-0.4, -0.2) is 108 Å². The number of hydrogen-bond donors (Lipinski definition) is 2. The Labute approximate surface area is 440 Å². The van der Waals surface area contributed by atoms with Crippen LogP contribution in [0.25, 0.3) is 22.1 Å². The van der Waals surface area contributed by atoms with Crippen molar-refractivity contribution in [2.45, 2.75) is 110 Å². The van der Waals surface area contributed by atoms with E-state index in [1.165, 1.54) is 18.7 Å². The van der Waals surface area contributed by atoms with Crippen LogP contribution in [0, 0.1) is 0 Å². The van der Waals surface area contributed by atoms with Crippen LogP contribution in [0.4, 0.5) is 21.2 Å². The molecule has 19 nitrogen and oxygen atoms in total. The molecule has 2 aromatic carbocycles. The van der Waals surface area contributed by atoms with Gasteiger partial charge in [0.05, 0.1) is 24.1 Å². The second kappa shape index (κ2) is 22.2. The topological polar surface area (TPSA) is 184 Å². The third kappa shape index (κ3) is 12.2. The van der Waals surface area contributed by atoms with Crippen molar-refractivity contribution < 1.29 is 19.1 Å².